The molecular formula is C11H17N5O. The highest BCUT2D eigenvalue weighted by atomic mass is 16.5. The molecule has 1 rings (SSSR count). The quantitative estimate of drug-likeness (QED) is 0.307. The second-order valence-electron chi connectivity index (χ2n) is 3.62. The second kappa shape index (κ2) is 6.47. The van der Waals surface area contributed by atoms with Crippen LogP contribution < -0.4 is 15.5 Å². The third-order valence-electron chi connectivity index (χ3n) is 1.91. The van der Waals surface area contributed by atoms with Gasteiger partial charge in [0.05, 0.1) is 30.9 Å². The van der Waals surface area contributed by atoms with Crippen LogP contribution in [0.3, 0.4) is 0 Å². The molecule has 0 fully saturated rings. The zero-order chi connectivity index (χ0) is 12.7. The Morgan fingerprint density at radius 2 is 2.12 bits per heavy atom. The Morgan fingerprint density at radius 3 is 2.71 bits per heavy atom. The molecule has 0 spiro atoms. The van der Waals surface area contributed by atoms with E-state index in [0.717, 1.165) is 12.0 Å². The summed E-state index contributed by atoms with van der Waals surface area (Å²) in [7, 11) is 1.60. The standard InChI is InChI=1S/C11H17N5O/c1-8(2)14-16-15-11-6-9(17-3)4-5-10(11)13-7-12/h4-8H,1-3H3,(H2,12,13)(H,14,15). The highest BCUT2D eigenvalue weighted by Crippen LogP contribution is 2.26. The van der Waals surface area contributed by atoms with Gasteiger partial charge in [0.25, 0.3) is 0 Å². The van der Waals surface area contributed by atoms with Gasteiger partial charge in [-0.2, -0.15) is 5.11 Å². The lowest BCUT2D eigenvalue weighted by atomic mass is 10.2. The van der Waals surface area contributed by atoms with Crippen molar-refractivity contribution in [2.75, 3.05) is 17.9 Å². The molecule has 0 aromatic heterocycles. The molecule has 0 saturated heterocycles. The van der Waals surface area contributed by atoms with Crippen molar-refractivity contribution < 1.29 is 4.74 Å². The molecule has 0 aliphatic rings. The lowest BCUT2D eigenvalue weighted by molar-refractivity contribution is 0.415. The smallest absolute Gasteiger partial charge is 0.121 e. The van der Waals surface area contributed by atoms with Crippen LogP contribution in [0.25, 0.3) is 0 Å². The van der Waals surface area contributed by atoms with Crippen LogP contribution in [0.5, 0.6) is 5.75 Å². The lowest BCUT2D eigenvalue weighted by Crippen LogP contribution is -1.99. The van der Waals surface area contributed by atoms with E-state index in [1.165, 1.54) is 0 Å². The Labute approximate surface area is 101 Å². The molecule has 17 heavy (non-hydrogen) atoms. The summed E-state index contributed by atoms with van der Waals surface area (Å²) < 4.78 is 5.12. The molecule has 6 heteroatoms. The van der Waals surface area contributed by atoms with Crippen molar-refractivity contribution in [3.8, 4) is 5.75 Å². The average Bonchev–Trinajstić information content (AvgIpc) is 2.31. The van der Waals surface area contributed by atoms with E-state index in [2.05, 4.69) is 21.1 Å². The van der Waals surface area contributed by atoms with E-state index < -0.39 is 0 Å². The molecule has 0 unspecified atom stereocenters. The van der Waals surface area contributed by atoms with Gasteiger partial charge in [-0.15, -0.1) is 0 Å². The number of hydrogen-bond acceptors (Lipinski definition) is 4. The normalized spacial score (nSPS) is 10.6. The monoisotopic (exact) mass is 235 g/mol. The van der Waals surface area contributed by atoms with Crippen LogP contribution in [0.1, 0.15) is 13.8 Å². The highest BCUT2D eigenvalue weighted by molar-refractivity contribution is 5.82. The molecule has 0 heterocycles. The van der Waals surface area contributed by atoms with E-state index in [-0.39, 0.29) is 6.04 Å². The molecule has 0 atom stereocenters. The summed E-state index contributed by atoms with van der Waals surface area (Å²) in [5.41, 5.74) is 4.26. The van der Waals surface area contributed by atoms with Crippen molar-refractivity contribution in [1.29, 1.82) is 5.41 Å². The van der Waals surface area contributed by atoms with Gasteiger partial charge in [-0.05, 0) is 26.0 Å². The first-order chi connectivity index (χ1) is 8.17. The van der Waals surface area contributed by atoms with Gasteiger partial charge in [0, 0.05) is 6.07 Å². The molecule has 3 N–H and O–H groups in total. The zero-order valence-electron chi connectivity index (χ0n) is 10.2. The van der Waals surface area contributed by atoms with Crippen molar-refractivity contribution in [3.63, 3.8) is 0 Å². The number of nitrogens with zero attached hydrogens (tertiary/aromatic N) is 2. The molecular weight excluding hydrogens is 218 g/mol. The van der Waals surface area contributed by atoms with E-state index in [4.69, 9.17) is 10.1 Å². The zero-order valence-corrected chi connectivity index (χ0v) is 10.2. The van der Waals surface area contributed by atoms with Gasteiger partial charge in [-0.25, -0.2) is 0 Å². The molecule has 1 aromatic carbocycles. The minimum atomic E-state index is 0.132. The summed E-state index contributed by atoms with van der Waals surface area (Å²) in [6.45, 7) is 3.88. The Hall–Kier alpha value is -2.11. The van der Waals surface area contributed by atoms with Gasteiger partial charge >= 0.3 is 0 Å². The average molecular weight is 235 g/mol. The van der Waals surface area contributed by atoms with Crippen LogP contribution in [0, 0.1) is 5.41 Å². The van der Waals surface area contributed by atoms with Crippen molar-refractivity contribution in [3.05, 3.63) is 18.2 Å². The molecule has 0 bridgehead atoms. The number of rotatable bonds is 6. The number of hydrogen-bond donors (Lipinski definition) is 3. The van der Waals surface area contributed by atoms with Crippen LogP contribution in [-0.4, -0.2) is 19.5 Å². The van der Waals surface area contributed by atoms with Crippen LogP contribution >= 0.6 is 0 Å². The van der Waals surface area contributed by atoms with E-state index >= 15 is 0 Å². The maximum Gasteiger partial charge on any atom is 0.121 e. The van der Waals surface area contributed by atoms with E-state index in [1.807, 2.05) is 13.8 Å². The first-order valence-corrected chi connectivity index (χ1v) is 5.26. The first-order valence-electron chi connectivity index (χ1n) is 5.26. The molecule has 0 aliphatic heterocycles. The predicted octanol–water partition coefficient (Wildman–Crippen LogP) is 2.90. The van der Waals surface area contributed by atoms with Crippen molar-refractivity contribution in [1.82, 2.24) is 0 Å². The van der Waals surface area contributed by atoms with Crippen LogP contribution in [-0.2, 0) is 0 Å². The Kier molecular flexibility index (Phi) is 4.93. The fraction of sp³-hybridized carbons (Fsp3) is 0.364. The lowest BCUT2D eigenvalue weighted by Gasteiger charge is -2.09. The van der Waals surface area contributed by atoms with Crippen molar-refractivity contribution >= 4 is 17.7 Å². The fourth-order valence-electron chi connectivity index (χ4n) is 1.14. The van der Waals surface area contributed by atoms with Gasteiger partial charge in [-0.1, -0.05) is 5.22 Å². The number of anilines is 2. The maximum atomic E-state index is 7.03. The summed E-state index contributed by atoms with van der Waals surface area (Å²) in [5, 5.41) is 17.6. The third-order valence-corrected chi connectivity index (χ3v) is 1.91. The summed E-state index contributed by atoms with van der Waals surface area (Å²) in [6.07, 6.45) is 1.10. The van der Waals surface area contributed by atoms with Crippen LogP contribution in [0.15, 0.2) is 28.5 Å². The van der Waals surface area contributed by atoms with Gasteiger partial charge < -0.3 is 10.1 Å². The van der Waals surface area contributed by atoms with E-state index in [0.29, 0.717) is 11.4 Å². The van der Waals surface area contributed by atoms with Crippen LogP contribution in [0.4, 0.5) is 11.4 Å². The third kappa shape index (κ3) is 4.10. The molecule has 0 saturated carbocycles. The van der Waals surface area contributed by atoms with E-state index in [9.17, 15) is 0 Å². The van der Waals surface area contributed by atoms with Gasteiger partial charge in [0.2, 0.25) is 0 Å². The molecule has 0 amide bonds. The van der Waals surface area contributed by atoms with Gasteiger partial charge in [0.15, 0.2) is 0 Å². The van der Waals surface area contributed by atoms with Crippen LogP contribution in [0.2, 0.25) is 0 Å². The molecule has 92 valence electrons. The fourth-order valence-corrected chi connectivity index (χ4v) is 1.14. The first kappa shape index (κ1) is 13.0. The Bertz CT molecular complexity index is 403. The molecule has 1 aromatic rings. The predicted molar refractivity (Wildman–Crippen MR) is 69.0 cm³/mol. The molecule has 0 radical (unpaired) electrons. The minimum Gasteiger partial charge on any atom is -0.497 e. The Morgan fingerprint density at radius 1 is 1.35 bits per heavy atom. The number of nitrogens with one attached hydrogen (secondary N) is 3. The van der Waals surface area contributed by atoms with Crippen molar-refractivity contribution in [2.45, 2.75) is 19.9 Å². The molecule has 0 aliphatic carbocycles. The second-order valence-corrected chi connectivity index (χ2v) is 3.62. The van der Waals surface area contributed by atoms with Crippen molar-refractivity contribution in [2.24, 2.45) is 10.3 Å². The Balaban J connectivity index is 2.88. The minimum absolute atomic E-state index is 0.132. The topological polar surface area (TPSA) is 81.9 Å². The SMILES string of the molecule is COc1ccc(NC=N)c(N/N=N\C(C)C)c1. The maximum absolute atomic E-state index is 7.03. The molecule has 6 nitrogen and oxygen atoms in total. The number of benzene rings is 1. The summed E-state index contributed by atoms with van der Waals surface area (Å²) in [6, 6.07) is 5.52. The largest absolute Gasteiger partial charge is 0.497 e. The summed E-state index contributed by atoms with van der Waals surface area (Å²) >= 11 is 0. The summed E-state index contributed by atoms with van der Waals surface area (Å²) in [4.78, 5) is 0. The number of methoxy groups -OCH3 is 1. The summed E-state index contributed by atoms with van der Waals surface area (Å²) in [5.74, 6) is 0.711. The highest BCUT2D eigenvalue weighted by Gasteiger charge is 2.02. The van der Waals surface area contributed by atoms with Gasteiger partial charge in [-0.3, -0.25) is 10.8 Å². The number of ether oxygens (including phenoxy) is 1. The van der Waals surface area contributed by atoms with E-state index in [1.54, 1.807) is 25.3 Å². The van der Waals surface area contributed by atoms with Gasteiger partial charge in [0.1, 0.15) is 5.75 Å².